The van der Waals surface area contributed by atoms with Gasteiger partial charge < -0.3 is 44.4 Å². The van der Waals surface area contributed by atoms with Crippen LogP contribution in [-0.4, -0.2) is 97.1 Å². The van der Waals surface area contributed by atoms with Crippen LogP contribution >= 0.6 is 0 Å². The molecule has 2 atom stereocenters. The third kappa shape index (κ3) is 17.0. The van der Waals surface area contributed by atoms with Crippen molar-refractivity contribution in [3.05, 3.63) is 149 Å². The summed E-state index contributed by atoms with van der Waals surface area (Å²) in [7, 11) is 2.54. The smallest absolute Gasteiger partial charge is 0.453 e. The maximum Gasteiger partial charge on any atom is 0.453 e. The zero-order valence-corrected chi connectivity index (χ0v) is 40.8. The number of hydrogen-bond donors (Lipinski definition) is 3. The highest BCUT2D eigenvalue weighted by molar-refractivity contribution is 6.02. The molecule has 0 spiro atoms. The fourth-order valence-corrected chi connectivity index (χ4v) is 6.96. The van der Waals surface area contributed by atoms with Crippen LogP contribution < -0.4 is 34.2 Å². The summed E-state index contributed by atoms with van der Waals surface area (Å²) < 4.78 is 159. The Balaban J connectivity index is 1.20. The molecule has 23 heteroatoms. The number of benzene rings is 5. The van der Waals surface area contributed by atoms with E-state index in [9.17, 15) is 73.3 Å². The van der Waals surface area contributed by atoms with Gasteiger partial charge in [-0.2, -0.15) is 43.9 Å². The Kier molecular flexibility index (Phi) is 20.0. The lowest BCUT2D eigenvalue weighted by molar-refractivity contribution is -0.284. The highest BCUT2D eigenvalue weighted by Crippen LogP contribution is 2.40. The van der Waals surface area contributed by atoms with Crippen LogP contribution in [0.5, 0.6) is 34.5 Å². The number of hydrogen-bond acceptors (Lipinski definition) is 13. The first-order valence-corrected chi connectivity index (χ1v) is 23.0. The van der Waals surface area contributed by atoms with E-state index in [2.05, 4.69) is 0 Å². The molecule has 0 aromatic heterocycles. The molecule has 0 saturated carbocycles. The average molecular weight is 1090 g/mol. The second-order valence-electron chi connectivity index (χ2n) is 17.1. The van der Waals surface area contributed by atoms with Gasteiger partial charge in [-0.15, -0.1) is 0 Å². The highest BCUT2D eigenvalue weighted by Gasteiger charge is 2.57. The summed E-state index contributed by atoms with van der Waals surface area (Å²) in [5.74, 6) is -13.1. The van der Waals surface area contributed by atoms with Crippen molar-refractivity contribution >= 4 is 41.3 Å². The molecule has 0 saturated heterocycles. The van der Waals surface area contributed by atoms with E-state index >= 15 is 0 Å². The average Bonchev–Trinajstić information content (AvgIpc) is 3.38. The Bertz CT molecular complexity index is 2890. The van der Waals surface area contributed by atoms with Gasteiger partial charge in [-0.25, -0.2) is 9.59 Å². The monoisotopic (exact) mass is 1090 g/mol. The number of halogens is 10. The predicted octanol–water partition coefficient (Wildman–Crippen LogP) is 11.0. The highest BCUT2D eigenvalue weighted by atomic mass is 19.4. The molecule has 13 nitrogen and oxygen atoms in total. The van der Waals surface area contributed by atoms with Gasteiger partial charge >= 0.3 is 36.1 Å². The van der Waals surface area contributed by atoms with Gasteiger partial charge in [0.25, 0.3) is 0 Å². The van der Waals surface area contributed by atoms with E-state index in [-0.39, 0.29) is 52.0 Å². The lowest BCUT2D eigenvalue weighted by Gasteiger charge is -2.27. The molecular formula is C54H49F10NO12. The molecule has 4 N–H and O–H groups in total. The minimum absolute atomic E-state index is 0.00849. The maximum atomic E-state index is 13.8. The summed E-state index contributed by atoms with van der Waals surface area (Å²) >= 11 is 0. The number of carbonyl (C=O) groups excluding carboxylic acids is 4. The number of nitrogen functional groups attached to an aromatic ring is 1. The zero-order chi connectivity index (χ0) is 56.8. The van der Waals surface area contributed by atoms with Gasteiger partial charge in [-0.3, -0.25) is 9.59 Å². The van der Waals surface area contributed by atoms with Gasteiger partial charge in [0.2, 0.25) is 0 Å². The van der Waals surface area contributed by atoms with Gasteiger partial charge in [-0.05, 0) is 127 Å². The van der Waals surface area contributed by atoms with E-state index in [1.54, 1.807) is 12.1 Å². The van der Waals surface area contributed by atoms with Gasteiger partial charge in [0.15, 0.2) is 34.6 Å². The summed E-state index contributed by atoms with van der Waals surface area (Å²) in [6.07, 6.45) is -14.0. The molecule has 0 bridgehead atoms. The van der Waals surface area contributed by atoms with Crippen molar-refractivity contribution in [1.82, 2.24) is 0 Å². The van der Waals surface area contributed by atoms with E-state index in [4.69, 9.17) is 34.2 Å². The Morgan fingerprint density at radius 2 is 0.987 bits per heavy atom. The van der Waals surface area contributed by atoms with Crippen molar-refractivity contribution in [2.24, 2.45) is 0 Å². The van der Waals surface area contributed by atoms with E-state index in [0.717, 1.165) is 12.2 Å². The normalized spacial score (nSPS) is 13.4. The van der Waals surface area contributed by atoms with Crippen molar-refractivity contribution in [1.29, 1.82) is 0 Å². The van der Waals surface area contributed by atoms with E-state index in [1.807, 2.05) is 0 Å². The third-order valence-corrected chi connectivity index (χ3v) is 11.3. The molecule has 5 aromatic carbocycles. The predicted molar refractivity (Wildman–Crippen MR) is 258 cm³/mol. The Labute approximate surface area is 433 Å². The number of nitrogens with two attached hydrogens (primary N) is 1. The summed E-state index contributed by atoms with van der Waals surface area (Å²) in [4.78, 5) is 53.0. The Morgan fingerprint density at radius 1 is 0.571 bits per heavy atom. The molecule has 77 heavy (non-hydrogen) atoms. The number of esters is 2. The third-order valence-electron chi connectivity index (χ3n) is 11.3. The van der Waals surface area contributed by atoms with Crippen LogP contribution in [0.4, 0.5) is 49.6 Å². The van der Waals surface area contributed by atoms with Gasteiger partial charge in [0, 0.05) is 31.4 Å². The van der Waals surface area contributed by atoms with Crippen LogP contribution in [0.15, 0.2) is 121 Å². The first kappa shape index (κ1) is 60.0. The molecule has 5 aromatic rings. The molecule has 2 unspecified atom stereocenters. The molecule has 0 fully saturated rings. The van der Waals surface area contributed by atoms with Crippen LogP contribution in [-0.2, 0) is 16.0 Å². The van der Waals surface area contributed by atoms with Crippen molar-refractivity contribution in [3.63, 3.8) is 0 Å². The van der Waals surface area contributed by atoms with Gasteiger partial charge in [0.05, 0.1) is 38.6 Å². The summed E-state index contributed by atoms with van der Waals surface area (Å²) in [5.41, 5.74) is 4.91. The molecule has 0 aliphatic heterocycles. The molecular weight excluding hydrogens is 1040 g/mol. The molecule has 5 rings (SSSR count). The summed E-state index contributed by atoms with van der Waals surface area (Å²) in [5, 5.41) is 23.0. The second-order valence-corrected chi connectivity index (χ2v) is 17.1. The fourth-order valence-electron chi connectivity index (χ4n) is 6.96. The second kappa shape index (κ2) is 25.7. The number of aliphatic hydroxyl groups excluding tert-OH is 1. The van der Waals surface area contributed by atoms with E-state index in [0.29, 0.717) is 22.4 Å². The maximum absolute atomic E-state index is 13.8. The number of ketones is 2. The lowest BCUT2D eigenvalue weighted by atomic mass is 9.83. The van der Waals surface area contributed by atoms with Crippen molar-refractivity contribution in [2.45, 2.75) is 74.4 Å². The number of aliphatic hydroxyl groups is 2. The topological polar surface area (TPSA) is 190 Å². The van der Waals surface area contributed by atoms with Crippen LogP contribution in [0.2, 0.25) is 0 Å². The van der Waals surface area contributed by atoms with Crippen molar-refractivity contribution in [3.8, 4) is 34.5 Å². The largest absolute Gasteiger partial charge is 0.494 e. The fraction of sp³-hybridized carbons (Fsp3) is 0.296. The van der Waals surface area contributed by atoms with Gasteiger partial charge in [0.1, 0.15) is 23.2 Å². The molecule has 0 aliphatic rings. The number of carbonyl (C=O) groups is 4. The minimum Gasteiger partial charge on any atom is -0.494 e. The van der Waals surface area contributed by atoms with E-state index in [1.165, 1.54) is 123 Å². The molecule has 0 amide bonds. The Morgan fingerprint density at radius 3 is 1.39 bits per heavy atom. The number of alkyl halides is 10. The molecule has 0 aliphatic carbocycles. The zero-order valence-electron chi connectivity index (χ0n) is 40.8. The molecule has 0 heterocycles. The summed E-state index contributed by atoms with van der Waals surface area (Å²) in [6, 6.07) is 24.8. The van der Waals surface area contributed by atoms with Crippen molar-refractivity contribution < 1.29 is 102 Å². The van der Waals surface area contributed by atoms with Crippen LogP contribution in [0, 0.1) is 0 Å². The van der Waals surface area contributed by atoms with Crippen LogP contribution in [0.1, 0.15) is 69.5 Å². The standard InChI is InChI=1S/C54H49F10NO12/c1-72-45-29-33(8-22-43(45)76-48(69)36-11-17-39(18-12-36)74-27-3-25-51(55,56)53(59,60)61)7-21-41(66)42(67)32-50(71,31-35-5-15-38(65)16-6-35)47(68)24-10-34-9-23-44(46(30-34)73-2)77-49(70)37-13-19-40(20-14-37)75-28-4-26-52(57,58)54(62,63)64/h5-24,29-30,42,67,71H,3-4,25-28,31-32,65H2,1-2H3/b21-7+,24-10+. The first-order valence-electron chi connectivity index (χ1n) is 23.0. The number of ether oxygens (including phenoxy) is 6. The number of anilines is 1. The molecule has 412 valence electrons. The quantitative estimate of drug-likeness (QED) is 0.0119. The minimum atomic E-state index is -5.68. The SMILES string of the molecule is COc1cc(/C=C/C(=O)C(O)CC(O)(Cc2ccc(N)cc2)C(=O)/C=C/c2ccc(OC(=O)c3ccc(OCCCC(F)(F)C(F)(F)F)cc3)c(OC)c2)ccc1OC(=O)c1ccc(OCCCC(F)(F)C(F)(F)F)cc1. The van der Waals surface area contributed by atoms with E-state index < -0.39 is 105 Å². The van der Waals surface area contributed by atoms with Crippen LogP contribution in [0.25, 0.3) is 12.2 Å². The summed E-state index contributed by atoms with van der Waals surface area (Å²) in [6.45, 7) is -0.894. The van der Waals surface area contributed by atoms with Crippen molar-refractivity contribution in [2.75, 3.05) is 33.2 Å². The molecule has 0 radical (unpaired) electrons. The first-order chi connectivity index (χ1) is 36.1. The lowest BCUT2D eigenvalue weighted by Crippen LogP contribution is -2.44. The number of rotatable bonds is 26. The van der Waals surface area contributed by atoms with Crippen LogP contribution in [0.3, 0.4) is 0 Å². The Hall–Kier alpha value is -7.92. The number of methoxy groups -OCH3 is 2. The van der Waals surface area contributed by atoms with Gasteiger partial charge in [-0.1, -0.05) is 36.4 Å².